The van der Waals surface area contributed by atoms with Gasteiger partial charge in [-0.1, -0.05) is 13.8 Å². The van der Waals surface area contributed by atoms with Gasteiger partial charge >= 0.3 is 12.1 Å². The molecule has 0 aromatic heterocycles. The van der Waals surface area contributed by atoms with Gasteiger partial charge in [-0.3, -0.25) is 4.79 Å². The molecule has 0 saturated carbocycles. The summed E-state index contributed by atoms with van der Waals surface area (Å²) in [4.78, 5) is 11.3. The highest BCUT2D eigenvalue weighted by Gasteiger charge is 2.52. The highest BCUT2D eigenvalue weighted by atomic mass is 19.4. The Hall–Kier alpha value is -0.780. The van der Waals surface area contributed by atoms with Crippen molar-refractivity contribution in [3.05, 3.63) is 0 Å². The van der Waals surface area contributed by atoms with Crippen LogP contribution in [0.3, 0.4) is 0 Å². The summed E-state index contributed by atoms with van der Waals surface area (Å²) >= 11 is 0. The Morgan fingerprint density at radius 1 is 1.43 bits per heavy atom. The number of amides is 1. The number of carbonyl (C=O) groups excluding carboxylic acids is 1. The number of β-amino-alcohol motifs (C(OH)–C–C–N with tert-alkyl or cyclic N) is 1. The summed E-state index contributed by atoms with van der Waals surface area (Å²) in [6.07, 6.45) is -4.84. The Morgan fingerprint density at radius 2 is 1.86 bits per heavy atom. The fraction of sp³-hybridized carbons (Fsp3) is 0.875. The SMILES string of the molecule is CC(C)C1(O)CN(C(=O)C(F)(F)F)C1. The molecule has 1 rings (SSSR count). The van der Waals surface area contributed by atoms with E-state index in [2.05, 4.69) is 0 Å². The van der Waals surface area contributed by atoms with Gasteiger partial charge in [-0.05, 0) is 5.92 Å². The molecular weight excluding hydrogens is 199 g/mol. The normalized spacial score (nSPS) is 20.9. The maximum atomic E-state index is 11.9. The fourth-order valence-corrected chi connectivity index (χ4v) is 1.30. The molecular formula is C8H12F3NO2. The van der Waals surface area contributed by atoms with Crippen molar-refractivity contribution in [2.45, 2.75) is 25.6 Å². The number of aliphatic hydroxyl groups is 1. The molecule has 1 aliphatic rings. The number of hydrogen-bond donors (Lipinski definition) is 1. The van der Waals surface area contributed by atoms with Crippen molar-refractivity contribution in [3.63, 3.8) is 0 Å². The zero-order valence-corrected chi connectivity index (χ0v) is 7.93. The zero-order chi connectivity index (χ0) is 11.1. The lowest BCUT2D eigenvalue weighted by Crippen LogP contribution is -2.67. The summed E-state index contributed by atoms with van der Waals surface area (Å²) in [6.45, 7) is 2.94. The van der Waals surface area contributed by atoms with Crippen molar-refractivity contribution >= 4 is 5.91 Å². The van der Waals surface area contributed by atoms with Crippen LogP contribution in [0, 0.1) is 5.92 Å². The summed E-state index contributed by atoms with van der Waals surface area (Å²) in [6, 6.07) is 0. The molecule has 1 amide bonds. The van der Waals surface area contributed by atoms with Gasteiger partial charge in [0.05, 0.1) is 13.1 Å². The number of halogens is 3. The molecule has 14 heavy (non-hydrogen) atoms. The van der Waals surface area contributed by atoms with Crippen LogP contribution in [0.4, 0.5) is 13.2 Å². The highest BCUT2D eigenvalue weighted by Crippen LogP contribution is 2.31. The summed E-state index contributed by atoms with van der Waals surface area (Å²) in [5.41, 5.74) is -1.15. The van der Waals surface area contributed by atoms with Crippen LogP contribution < -0.4 is 0 Å². The van der Waals surface area contributed by atoms with Crippen LogP contribution in [0.5, 0.6) is 0 Å². The maximum Gasteiger partial charge on any atom is 0.471 e. The van der Waals surface area contributed by atoms with E-state index >= 15 is 0 Å². The topological polar surface area (TPSA) is 40.5 Å². The van der Waals surface area contributed by atoms with E-state index in [4.69, 9.17) is 0 Å². The van der Waals surface area contributed by atoms with Gasteiger partial charge in [0.15, 0.2) is 0 Å². The lowest BCUT2D eigenvalue weighted by Gasteiger charge is -2.48. The minimum Gasteiger partial charge on any atom is -0.386 e. The largest absolute Gasteiger partial charge is 0.471 e. The number of likely N-dealkylation sites (tertiary alicyclic amines) is 1. The van der Waals surface area contributed by atoms with E-state index in [0.29, 0.717) is 4.90 Å². The van der Waals surface area contributed by atoms with Gasteiger partial charge in [0, 0.05) is 0 Å². The third kappa shape index (κ3) is 1.84. The number of carbonyl (C=O) groups is 1. The van der Waals surface area contributed by atoms with Crippen LogP contribution in [0.15, 0.2) is 0 Å². The Balaban J connectivity index is 2.54. The molecule has 1 heterocycles. The summed E-state index contributed by atoms with van der Waals surface area (Å²) in [5, 5.41) is 9.61. The van der Waals surface area contributed by atoms with Crippen LogP contribution in [0.25, 0.3) is 0 Å². The van der Waals surface area contributed by atoms with E-state index in [9.17, 15) is 23.1 Å². The van der Waals surface area contributed by atoms with E-state index in [1.54, 1.807) is 13.8 Å². The standard InChI is InChI=1S/C8H12F3NO2/c1-5(2)7(14)3-12(4-7)6(13)8(9,10)11/h5,14H,3-4H2,1-2H3. The van der Waals surface area contributed by atoms with Gasteiger partial charge in [0.1, 0.15) is 5.60 Å². The van der Waals surface area contributed by atoms with Crippen molar-refractivity contribution in [1.82, 2.24) is 4.90 Å². The Bertz CT molecular complexity index is 243. The highest BCUT2D eigenvalue weighted by molar-refractivity contribution is 5.82. The lowest BCUT2D eigenvalue weighted by molar-refractivity contribution is -0.207. The molecule has 1 fully saturated rings. The first-order valence-electron chi connectivity index (χ1n) is 4.25. The summed E-state index contributed by atoms with van der Waals surface area (Å²) < 4.78 is 35.7. The monoisotopic (exact) mass is 211 g/mol. The van der Waals surface area contributed by atoms with Crippen LogP contribution in [0.1, 0.15) is 13.8 Å². The van der Waals surface area contributed by atoms with Gasteiger partial charge < -0.3 is 10.0 Å². The Morgan fingerprint density at radius 3 is 2.14 bits per heavy atom. The second-order valence-electron chi connectivity index (χ2n) is 3.92. The molecule has 0 aromatic rings. The van der Waals surface area contributed by atoms with Crippen LogP contribution in [0.2, 0.25) is 0 Å². The average Bonchev–Trinajstić information content (AvgIpc) is 1.95. The zero-order valence-electron chi connectivity index (χ0n) is 7.93. The predicted octanol–water partition coefficient (Wildman–Crippen LogP) is 0.778. The van der Waals surface area contributed by atoms with Crippen LogP contribution >= 0.6 is 0 Å². The van der Waals surface area contributed by atoms with Gasteiger partial charge in [-0.25, -0.2) is 0 Å². The molecule has 0 aliphatic carbocycles. The minimum absolute atomic E-state index is 0.153. The van der Waals surface area contributed by atoms with Crippen molar-refractivity contribution in [3.8, 4) is 0 Å². The second-order valence-corrected chi connectivity index (χ2v) is 3.92. The van der Waals surface area contributed by atoms with E-state index in [0.717, 1.165) is 0 Å². The third-order valence-electron chi connectivity index (χ3n) is 2.53. The molecule has 0 unspecified atom stereocenters. The smallest absolute Gasteiger partial charge is 0.386 e. The molecule has 82 valence electrons. The fourth-order valence-electron chi connectivity index (χ4n) is 1.30. The first kappa shape index (κ1) is 11.3. The first-order chi connectivity index (χ1) is 6.17. The number of hydrogen-bond acceptors (Lipinski definition) is 2. The first-order valence-corrected chi connectivity index (χ1v) is 4.25. The van der Waals surface area contributed by atoms with Crippen LogP contribution in [-0.4, -0.2) is 40.8 Å². The number of alkyl halides is 3. The molecule has 3 nitrogen and oxygen atoms in total. The predicted molar refractivity (Wildman–Crippen MR) is 42.4 cm³/mol. The van der Waals surface area contributed by atoms with Gasteiger partial charge in [-0.15, -0.1) is 0 Å². The van der Waals surface area contributed by atoms with Gasteiger partial charge in [-0.2, -0.15) is 13.2 Å². The van der Waals surface area contributed by atoms with E-state index in [1.165, 1.54) is 0 Å². The van der Waals surface area contributed by atoms with Gasteiger partial charge in [0.2, 0.25) is 0 Å². The molecule has 0 bridgehead atoms. The molecule has 0 aromatic carbocycles. The molecule has 1 saturated heterocycles. The molecule has 6 heteroatoms. The van der Waals surface area contributed by atoms with Gasteiger partial charge in [0.25, 0.3) is 0 Å². The average molecular weight is 211 g/mol. The lowest BCUT2D eigenvalue weighted by atomic mass is 9.83. The third-order valence-corrected chi connectivity index (χ3v) is 2.53. The van der Waals surface area contributed by atoms with E-state index in [-0.39, 0.29) is 19.0 Å². The van der Waals surface area contributed by atoms with Crippen molar-refractivity contribution in [2.24, 2.45) is 5.92 Å². The maximum absolute atomic E-state index is 11.9. The summed E-state index contributed by atoms with van der Waals surface area (Å²) in [7, 11) is 0. The number of nitrogens with zero attached hydrogens (tertiary/aromatic N) is 1. The van der Waals surface area contributed by atoms with Crippen LogP contribution in [-0.2, 0) is 4.79 Å². The molecule has 0 radical (unpaired) electrons. The van der Waals surface area contributed by atoms with Crippen molar-refractivity contribution in [1.29, 1.82) is 0 Å². The molecule has 0 spiro atoms. The molecule has 1 aliphatic heterocycles. The van der Waals surface area contributed by atoms with Crippen molar-refractivity contribution in [2.75, 3.05) is 13.1 Å². The quantitative estimate of drug-likeness (QED) is 0.696. The van der Waals surface area contributed by atoms with E-state index < -0.39 is 17.7 Å². The second kappa shape index (κ2) is 3.12. The van der Waals surface area contributed by atoms with Crippen molar-refractivity contribution < 1.29 is 23.1 Å². The molecule has 1 N–H and O–H groups in total. The number of rotatable bonds is 1. The van der Waals surface area contributed by atoms with E-state index in [1.807, 2.05) is 0 Å². The molecule has 0 atom stereocenters. The summed E-state index contributed by atoms with van der Waals surface area (Å²) in [5.74, 6) is -2.03. The Kier molecular flexibility index (Phi) is 2.51. The Labute approximate surface area is 79.5 Å². The minimum atomic E-state index is -4.84.